The second-order valence-electron chi connectivity index (χ2n) is 6.64. The van der Waals surface area contributed by atoms with Gasteiger partial charge in [-0.1, -0.05) is 0 Å². The first-order valence-corrected chi connectivity index (χ1v) is 7.57. The first kappa shape index (κ1) is 12.1. The maximum absolute atomic E-state index is 12.3. The molecule has 0 aliphatic heterocycles. The summed E-state index contributed by atoms with van der Waals surface area (Å²) >= 11 is 0. The number of rotatable bonds is 3. The highest BCUT2D eigenvalue weighted by atomic mass is 16.2. The lowest BCUT2D eigenvalue weighted by Crippen LogP contribution is -2.18. The van der Waals surface area contributed by atoms with Gasteiger partial charge in [0.15, 0.2) is 5.78 Å². The molecular formula is C17H19NO2. The van der Waals surface area contributed by atoms with Crippen LogP contribution in [0.2, 0.25) is 0 Å². The van der Waals surface area contributed by atoms with Crippen LogP contribution in [0.15, 0.2) is 24.3 Å². The largest absolute Gasteiger partial charge is 0.326 e. The Balaban J connectivity index is 1.42. The third-order valence-corrected chi connectivity index (χ3v) is 5.60. The molecule has 1 aromatic carbocycles. The van der Waals surface area contributed by atoms with E-state index in [0.717, 1.165) is 17.5 Å². The molecule has 4 atom stereocenters. The fraction of sp³-hybridized carbons (Fsp3) is 0.529. The van der Waals surface area contributed by atoms with E-state index in [1.165, 1.54) is 19.3 Å². The number of ketones is 1. The van der Waals surface area contributed by atoms with E-state index in [0.29, 0.717) is 17.4 Å². The molecule has 0 radical (unpaired) electrons. The number of benzene rings is 1. The van der Waals surface area contributed by atoms with Gasteiger partial charge < -0.3 is 5.32 Å². The lowest BCUT2D eigenvalue weighted by atomic mass is 10.0. The summed E-state index contributed by atoms with van der Waals surface area (Å²) in [5, 5.41) is 3.02. The molecule has 4 rings (SSSR count). The van der Waals surface area contributed by atoms with Crippen molar-refractivity contribution in [3.05, 3.63) is 29.8 Å². The number of nitrogens with one attached hydrogen (secondary N) is 1. The zero-order valence-electron chi connectivity index (χ0n) is 11.6. The molecule has 2 bridgehead atoms. The van der Waals surface area contributed by atoms with Crippen molar-refractivity contribution in [1.29, 1.82) is 0 Å². The van der Waals surface area contributed by atoms with Gasteiger partial charge in [0.05, 0.1) is 0 Å². The first-order chi connectivity index (χ1) is 9.65. The molecule has 3 aliphatic rings. The Morgan fingerprint density at radius 3 is 2.20 bits per heavy atom. The van der Waals surface area contributed by atoms with Gasteiger partial charge >= 0.3 is 0 Å². The van der Waals surface area contributed by atoms with Gasteiger partial charge in [-0.3, -0.25) is 9.59 Å². The van der Waals surface area contributed by atoms with E-state index in [-0.39, 0.29) is 17.6 Å². The molecular weight excluding hydrogens is 250 g/mol. The van der Waals surface area contributed by atoms with Crippen molar-refractivity contribution in [3.63, 3.8) is 0 Å². The fourth-order valence-electron chi connectivity index (χ4n) is 4.69. The molecule has 1 aromatic rings. The molecule has 3 saturated carbocycles. The summed E-state index contributed by atoms with van der Waals surface area (Å²) in [7, 11) is 0. The average molecular weight is 269 g/mol. The summed E-state index contributed by atoms with van der Waals surface area (Å²) in [6.45, 7) is 1.55. The van der Waals surface area contributed by atoms with Crippen LogP contribution >= 0.6 is 0 Å². The second kappa shape index (κ2) is 4.18. The van der Waals surface area contributed by atoms with Crippen LogP contribution in [0.5, 0.6) is 0 Å². The van der Waals surface area contributed by atoms with E-state index in [2.05, 4.69) is 5.32 Å². The van der Waals surface area contributed by atoms with Crippen LogP contribution in [0.25, 0.3) is 0 Å². The Morgan fingerprint density at radius 2 is 1.65 bits per heavy atom. The molecule has 0 aromatic heterocycles. The van der Waals surface area contributed by atoms with Crippen molar-refractivity contribution in [2.24, 2.45) is 29.6 Å². The van der Waals surface area contributed by atoms with Gasteiger partial charge in [-0.25, -0.2) is 0 Å². The van der Waals surface area contributed by atoms with E-state index >= 15 is 0 Å². The predicted molar refractivity (Wildman–Crippen MR) is 76.4 cm³/mol. The van der Waals surface area contributed by atoms with Gasteiger partial charge in [0.25, 0.3) is 0 Å². The fourth-order valence-corrected chi connectivity index (χ4v) is 4.69. The molecule has 20 heavy (non-hydrogen) atoms. The van der Waals surface area contributed by atoms with E-state index in [1.807, 2.05) is 12.1 Å². The monoisotopic (exact) mass is 269 g/mol. The molecule has 4 unspecified atom stereocenters. The van der Waals surface area contributed by atoms with Crippen LogP contribution in [0.1, 0.15) is 36.5 Å². The molecule has 0 heterocycles. The number of fused-ring (bicyclic) bond motifs is 5. The van der Waals surface area contributed by atoms with Crippen molar-refractivity contribution in [2.45, 2.75) is 26.2 Å². The number of amides is 1. The van der Waals surface area contributed by atoms with E-state index in [4.69, 9.17) is 0 Å². The van der Waals surface area contributed by atoms with Crippen molar-refractivity contribution in [2.75, 3.05) is 5.32 Å². The minimum absolute atomic E-state index is 0.0520. The lowest BCUT2D eigenvalue weighted by Gasteiger charge is -2.09. The van der Waals surface area contributed by atoms with Crippen LogP contribution < -0.4 is 5.32 Å². The average Bonchev–Trinajstić information content (AvgIpc) is 2.89. The maximum Gasteiger partial charge on any atom is 0.228 e. The first-order valence-electron chi connectivity index (χ1n) is 7.57. The second-order valence-corrected chi connectivity index (χ2v) is 6.64. The quantitative estimate of drug-likeness (QED) is 0.857. The summed E-state index contributed by atoms with van der Waals surface area (Å²) in [4.78, 5) is 23.6. The third kappa shape index (κ3) is 1.72. The van der Waals surface area contributed by atoms with Crippen LogP contribution in [0.3, 0.4) is 0 Å². The van der Waals surface area contributed by atoms with Crippen molar-refractivity contribution < 1.29 is 9.59 Å². The van der Waals surface area contributed by atoms with Gasteiger partial charge in [0.2, 0.25) is 5.91 Å². The zero-order valence-corrected chi connectivity index (χ0v) is 11.6. The molecule has 104 valence electrons. The topological polar surface area (TPSA) is 46.2 Å². The van der Waals surface area contributed by atoms with Crippen molar-refractivity contribution in [3.8, 4) is 0 Å². The smallest absolute Gasteiger partial charge is 0.228 e. The highest BCUT2D eigenvalue weighted by molar-refractivity contribution is 5.97. The Morgan fingerprint density at radius 1 is 1.05 bits per heavy atom. The van der Waals surface area contributed by atoms with E-state index in [9.17, 15) is 9.59 Å². The lowest BCUT2D eigenvalue weighted by molar-refractivity contribution is -0.118. The number of Topliss-reactive ketones (excluding diaryl/α,β-unsaturated/α-hetero) is 1. The number of hydrogen-bond acceptors (Lipinski definition) is 2. The molecule has 1 N–H and O–H groups in total. The van der Waals surface area contributed by atoms with Gasteiger partial charge in [0, 0.05) is 17.2 Å². The van der Waals surface area contributed by atoms with Crippen LogP contribution in [0.4, 0.5) is 5.69 Å². The van der Waals surface area contributed by atoms with E-state index in [1.54, 1.807) is 19.1 Å². The molecule has 3 aliphatic carbocycles. The molecule has 3 fully saturated rings. The highest BCUT2D eigenvalue weighted by Gasteiger charge is 2.67. The zero-order chi connectivity index (χ0) is 13.9. The summed E-state index contributed by atoms with van der Waals surface area (Å²) in [5.41, 5.74) is 1.49. The molecule has 1 amide bonds. The van der Waals surface area contributed by atoms with Crippen LogP contribution in [0, 0.1) is 29.6 Å². The number of anilines is 1. The molecule has 3 nitrogen and oxygen atoms in total. The Bertz CT molecular complexity index is 561. The molecule has 0 spiro atoms. The maximum atomic E-state index is 12.3. The molecule has 0 saturated heterocycles. The highest BCUT2D eigenvalue weighted by Crippen LogP contribution is 2.69. The number of carbonyl (C=O) groups excluding carboxylic acids is 2. The number of hydrogen-bond donors (Lipinski definition) is 1. The predicted octanol–water partition coefficient (Wildman–Crippen LogP) is 3.12. The summed E-state index contributed by atoms with van der Waals surface area (Å²) < 4.78 is 0. The van der Waals surface area contributed by atoms with Gasteiger partial charge in [-0.15, -0.1) is 0 Å². The van der Waals surface area contributed by atoms with Crippen molar-refractivity contribution in [1.82, 2.24) is 0 Å². The van der Waals surface area contributed by atoms with E-state index < -0.39 is 0 Å². The van der Waals surface area contributed by atoms with Gasteiger partial charge in [0.1, 0.15) is 0 Å². The van der Waals surface area contributed by atoms with Gasteiger partial charge in [-0.2, -0.15) is 0 Å². The summed E-state index contributed by atoms with van der Waals surface area (Å²) in [6.07, 6.45) is 4.04. The number of carbonyl (C=O) groups is 2. The SMILES string of the molecule is CC(=O)c1ccc(NC(=O)C2C3C4CCC(C4)C23)cc1. The minimum Gasteiger partial charge on any atom is -0.326 e. The summed E-state index contributed by atoms with van der Waals surface area (Å²) in [6, 6.07) is 7.19. The Kier molecular flexibility index (Phi) is 2.53. The molecule has 3 heteroatoms. The van der Waals surface area contributed by atoms with Crippen molar-refractivity contribution >= 4 is 17.4 Å². The standard InChI is InChI=1S/C17H19NO2/c1-9(19)10-4-6-13(7-5-10)18-17(20)16-14-11-2-3-12(8-11)15(14)16/h4-7,11-12,14-16H,2-3,8H2,1H3,(H,18,20). The minimum atomic E-state index is 0.0520. The van der Waals surface area contributed by atoms with Gasteiger partial charge in [-0.05, 0) is 74.1 Å². The Labute approximate surface area is 118 Å². The summed E-state index contributed by atoms with van der Waals surface area (Å²) in [5.74, 6) is 3.48. The normalized spacial score (nSPS) is 36.5. The Hall–Kier alpha value is -1.64. The third-order valence-electron chi connectivity index (χ3n) is 5.60. The van der Waals surface area contributed by atoms with Crippen LogP contribution in [-0.2, 0) is 4.79 Å². The van der Waals surface area contributed by atoms with Crippen LogP contribution in [-0.4, -0.2) is 11.7 Å².